The molecule has 222 valence electrons. The van der Waals surface area contributed by atoms with Crippen molar-refractivity contribution in [1.29, 1.82) is 0 Å². The van der Waals surface area contributed by atoms with Crippen molar-refractivity contribution in [3.63, 3.8) is 0 Å². The number of halogens is 5. The number of hydrogen-bond acceptors (Lipinski definition) is 7. The Morgan fingerprint density at radius 2 is 1.73 bits per heavy atom. The van der Waals surface area contributed by atoms with E-state index in [2.05, 4.69) is 20.6 Å². The van der Waals surface area contributed by atoms with E-state index in [9.17, 15) is 36.6 Å². The van der Waals surface area contributed by atoms with Crippen molar-refractivity contribution < 1.29 is 36.6 Å². The van der Waals surface area contributed by atoms with Crippen molar-refractivity contribution in [2.45, 2.75) is 101 Å². The molecule has 3 atom stereocenters. The van der Waals surface area contributed by atoms with Crippen LogP contribution >= 0.6 is 11.3 Å². The summed E-state index contributed by atoms with van der Waals surface area (Å²) in [6, 6.07) is -1.50. The number of thiazole rings is 1. The molecule has 4 aliphatic rings. The Kier molecular flexibility index (Phi) is 7.41. The third-order valence-corrected chi connectivity index (χ3v) is 9.76. The molecule has 2 aliphatic heterocycles. The molecule has 2 saturated heterocycles. The summed E-state index contributed by atoms with van der Waals surface area (Å²) in [6.45, 7) is 0. The topological polar surface area (TPSA) is 107 Å². The number of carbonyl (C=O) groups excluding carboxylic acids is 2. The van der Waals surface area contributed by atoms with Gasteiger partial charge in [0.15, 0.2) is 5.01 Å². The molecule has 2 aromatic rings. The number of aromatic nitrogens is 2. The highest BCUT2D eigenvalue weighted by Gasteiger charge is 2.49. The van der Waals surface area contributed by atoms with Crippen molar-refractivity contribution in [2.75, 3.05) is 5.32 Å². The van der Waals surface area contributed by atoms with Crippen molar-refractivity contribution in [2.24, 2.45) is 5.92 Å². The van der Waals surface area contributed by atoms with Gasteiger partial charge in [0, 0.05) is 29.4 Å². The van der Waals surface area contributed by atoms with Gasteiger partial charge in [-0.3, -0.25) is 9.59 Å². The Bertz CT molecular complexity index is 1310. The molecule has 4 heterocycles. The molecule has 2 saturated carbocycles. The largest absolute Gasteiger partial charge is 0.408 e. The summed E-state index contributed by atoms with van der Waals surface area (Å²) < 4.78 is 69.5. The molecule has 0 unspecified atom stereocenters. The van der Waals surface area contributed by atoms with Gasteiger partial charge in [0.25, 0.3) is 18.2 Å². The van der Waals surface area contributed by atoms with Gasteiger partial charge in [-0.05, 0) is 69.8 Å². The normalized spacial score (nSPS) is 26.6. The molecule has 2 bridgehead atoms. The molecule has 41 heavy (non-hydrogen) atoms. The molecule has 2 amide bonds. The number of amides is 2. The molecule has 14 heteroatoms. The van der Waals surface area contributed by atoms with Crippen LogP contribution in [-0.2, 0) is 0 Å². The van der Waals surface area contributed by atoms with Gasteiger partial charge >= 0.3 is 6.18 Å². The average Bonchev–Trinajstić information content (AvgIpc) is 3.24. The maximum absolute atomic E-state index is 14.4. The Balaban J connectivity index is 1.37. The Labute approximate surface area is 236 Å². The fraction of sp³-hybridized carbons (Fsp3) is 0.630. The van der Waals surface area contributed by atoms with Crippen molar-refractivity contribution >= 4 is 29.0 Å². The summed E-state index contributed by atoms with van der Waals surface area (Å²) >= 11 is 0.760. The van der Waals surface area contributed by atoms with Gasteiger partial charge in [-0.2, -0.15) is 13.2 Å². The van der Waals surface area contributed by atoms with Crippen LogP contribution in [0.3, 0.4) is 0 Å². The smallest absolute Gasteiger partial charge is 0.391 e. The summed E-state index contributed by atoms with van der Waals surface area (Å²) in [5.74, 6) is -2.09. The van der Waals surface area contributed by atoms with Gasteiger partial charge in [-0.25, -0.2) is 18.7 Å². The van der Waals surface area contributed by atoms with Crippen LogP contribution in [0, 0.1) is 5.92 Å². The number of aliphatic hydroxyl groups excluding tert-OH is 1. The minimum absolute atomic E-state index is 0.00829. The summed E-state index contributed by atoms with van der Waals surface area (Å²) in [6.07, 6.45) is -1.46. The fourth-order valence-electron chi connectivity index (χ4n) is 6.43. The molecular formula is C27H30F5N5O3S. The number of aliphatic hydroxyl groups is 1. The van der Waals surface area contributed by atoms with E-state index in [-0.39, 0.29) is 39.0 Å². The fourth-order valence-corrected chi connectivity index (χ4v) is 7.42. The van der Waals surface area contributed by atoms with Crippen LogP contribution in [0.5, 0.6) is 0 Å². The van der Waals surface area contributed by atoms with E-state index in [0.29, 0.717) is 25.7 Å². The van der Waals surface area contributed by atoms with Gasteiger partial charge in [0.05, 0.1) is 17.0 Å². The SMILES string of the molecule is O=C(N[C@@H]1CCC[C@H]1O)c1nc(C(=O)N2C3CCC2CC3)c(-c2cnc(N[C@@H](C3CC3)C(F)(F)F)cc2C(F)F)s1. The van der Waals surface area contributed by atoms with Gasteiger partial charge in [0.2, 0.25) is 0 Å². The highest BCUT2D eigenvalue weighted by Crippen LogP contribution is 2.44. The number of pyridine rings is 1. The summed E-state index contributed by atoms with van der Waals surface area (Å²) in [7, 11) is 0. The second-order valence-corrected chi connectivity index (χ2v) is 12.4. The first kappa shape index (κ1) is 28.3. The molecule has 4 fully saturated rings. The van der Waals surface area contributed by atoms with Crippen molar-refractivity contribution in [1.82, 2.24) is 20.2 Å². The van der Waals surface area contributed by atoms with Crippen LogP contribution < -0.4 is 10.6 Å². The lowest BCUT2D eigenvalue weighted by molar-refractivity contribution is -0.146. The van der Waals surface area contributed by atoms with E-state index in [1.807, 2.05) is 0 Å². The number of alkyl halides is 5. The molecule has 2 aliphatic carbocycles. The number of nitrogens with one attached hydrogen (secondary N) is 2. The molecular weight excluding hydrogens is 569 g/mol. The zero-order chi connectivity index (χ0) is 29.1. The molecule has 2 aromatic heterocycles. The number of anilines is 1. The zero-order valence-electron chi connectivity index (χ0n) is 22.0. The lowest BCUT2D eigenvalue weighted by atomic mass is 10.0. The first-order valence-electron chi connectivity index (χ1n) is 14.0. The summed E-state index contributed by atoms with van der Waals surface area (Å²) in [5.41, 5.74) is -0.922. The van der Waals surface area contributed by atoms with E-state index in [1.165, 1.54) is 0 Å². The quantitative estimate of drug-likeness (QED) is 0.356. The maximum atomic E-state index is 14.4. The second-order valence-electron chi connectivity index (χ2n) is 11.4. The highest BCUT2D eigenvalue weighted by molar-refractivity contribution is 7.17. The van der Waals surface area contributed by atoms with Gasteiger partial charge < -0.3 is 20.6 Å². The van der Waals surface area contributed by atoms with E-state index >= 15 is 0 Å². The van der Waals surface area contributed by atoms with Gasteiger partial charge in [-0.1, -0.05) is 0 Å². The first-order chi connectivity index (χ1) is 19.5. The van der Waals surface area contributed by atoms with Gasteiger partial charge in [0.1, 0.15) is 17.6 Å². The van der Waals surface area contributed by atoms with Crippen LogP contribution in [0.2, 0.25) is 0 Å². The van der Waals surface area contributed by atoms with E-state index in [0.717, 1.165) is 55.7 Å². The number of carbonyl (C=O) groups is 2. The second kappa shape index (κ2) is 10.8. The first-order valence-corrected chi connectivity index (χ1v) is 14.8. The predicted molar refractivity (Wildman–Crippen MR) is 140 cm³/mol. The standard InChI is InChI=1S/C27H30F5N5O3S/c28-23(29)15-10-19(35-22(12-4-5-12)27(30,31)32)33-11-16(15)21-20(26(40)37-13-6-7-14(37)9-8-13)36-25(41-21)24(39)34-17-2-1-3-18(17)38/h10-14,17-18,22-23,38H,1-9H2,(H,33,35)(H,34,39)/t13?,14?,17-,18-,22+/m1/s1. The number of fused-ring (bicyclic) bond motifs is 2. The minimum atomic E-state index is -4.58. The Morgan fingerprint density at radius 3 is 2.29 bits per heavy atom. The van der Waals surface area contributed by atoms with Crippen LogP contribution in [-0.4, -0.2) is 68.2 Å². The molecule has 0 radical (unpaired) electrons. The maximum Gasteiger partial charge on any atom is 0.408 e. The molecule has 0 spiro atoms. The third kappa shape index (κ3) is 5.52. The Morgan fingerprint density at radius 1 is 1.05 bits per heavy atom. The lowest BCUT2D eigenvalue weighted by Crippen LogP contribution is -2.40. The van der Waals surface area contributed by atoms with Crippen molar-refractivity contribution in [3.05, 3.63) is 28.5 Å². The van der Waals surface area contributed by atoms with E-state index in [4.69, 9.17) is 0 Å². The predicted octanol–water partition coefficient (Wildman–Crippen LogP) is 5.31. The highest BCUT2D eigenvalue weighted by atomic mass is 32.1. The van der Waals surface area contributed by atoms with E-state index in [1.54, 1.807) is 4.90 Å². The average molecular weight is 600 g/mol. The van der Waals surface area contributed by atoms with Gasteiger partial charge in [-0.15, -0.1) is 11.3 Å². The molecule has 8 nitrogen and oxygen atoms in total. The monoisotopic (exact) mass is 599 g/mol. The molecule has 6 rings (SSSR count). The third-order valence-electron chi connectivity index (χ3n) is 8.67. The van der Waals surface area contributed by atoms with Crippen LogP contribution in [0.15, 0.2) is 12.3 Å². The lowest BCUT2D eigenvalue weighted by Gasteiger charge is -2.23. The number of rotatable bonds is 8. The van der Waals surface area contributed by atoms with E-state index < -0.39 is 54.1 Å². The van der Waals surface area contributed by atoms with Crippen molar-refractivity contribution in [3.8, 4) is 10.4 Å². The number of hydrogen-bond donors (Lipinski definition) is 3. The zero-order valence-corrected chi connectivity index (χ0v) is 22.8. The summed E-state index contributed by atoms with van der Waals surface area (Å²) in [5, 5.41) is 15.0. The van der Waals surface area contributed by atoms with Crippen LogP contribution in [0.25, 0.3) is 10.4 Å². The molecule has 3 N–H and O–H groups in total. The molecule has 0 aromatic carbocycles. The summed E-state index contributed by atoms with van der Waals surface area (Å²) in [4.78, 5) is 37.0. The van der Waals surface area contributed by atoms with Crippen LogP contribution in [0.1, 0.15) is 90.1 Å². The minimum Gasteiger partial charge on any atom is -0.391 e. The number of nitrogens with zero attached hydrogens (tertiary/aromatic N) is 3. The Hall–Kier alpha value is -2.87. The van der Waals surface area contributed by atoms with Crippen LogP contribution in [0.4, 0.5) is 27.8 Å².